The fourth-order valence-corrected chi connectivity index (χ4v) is 4.33. The molecule has 1 N–H and O–H groups in total. The molecule has 2 aliphatic carbocycles. The van der Waals surface area contributed by atoms with Crippen molar-refractivity contribution in [1.82, 2.24) is 4.90 Å². The number of allylic oxidation sites excluding steroid dienone is 2. The van der Waals surface area contributed by atoms with Crippen molar-refractivity contribution < 1.29 is 14.3 Å². The summed E-state index contributed by atoms with van der Waals surface area (Å²) in [5.74, 6) is 1.90. The number of piperidine rings is 1. The first kappa shape index (κ1) is 17.1. The molecule has 1 aromatic rings. The molecular weight excluding hydrogens is 328 g/mol. The zero-order valence-corrected chi connectivity index (χ0v) is 15.0. The molecule has 1 saturated carbocycles. The van der Waals surface area contributed by atoms with Crippen molar-refractivity contribution in [2.75, 3.05) is 25.0 Å². The van der Waals surface area contributed by atoms with Crippen LogP contribution >= 0.6 is 0 Å². The van der Waals surface area contributed by atoms with Crippen LogP contribution in [0.15, 0.2) is 36.4 Å². The summed E-state index contributed by atoms with van der Waals surface area (Å²) in [5, 5.41) is 3.01. The van der Waals surface area contributed by atoms with Crippen LogP contribution in [0.2, 0.25) is 0 Å². The van der Waals surface area contributed by atoms with Crippen LogP contribution in [0, 0.1) is 17.8 Å². The van der Waals surface area contributed by atoms with E-state index in [1.807, 2.05) is 17.0 Å². The molecule has 2 amide bonds. The highest BCUT2D eigenvalue weighted by molar-refractivity contribution is 5.93. The van der Waals surface area contributed by atoms with E-state index in [9.17, 15) is 9.59 Å². The highest BCUT2D eigenvalue weighted by Crippen LogP contribution is 2.43. The molecule has 1 aliphatic heterocycles. The molecule has 1 saturated heterocycles. The number of benzene rings is 1. The van der Waals surface area contributed by atoms with E-state index in [2.05, 4.69) is 17.5 Å². The smallest absolute Gasteiger partial charge is 0.260 e. The van der Waals surface area contributed by atoms with Crippen LogP contribution in [0.1, 0.15) is 32.1 Å². The van der Waals surface area contributed by atoms with Gasteiger partial charge in [-0.05, 0) is 68.2 Å². The summed E-state index contributed by atoms with van der Waals surface area (Å²) in [5.41, 5.74) is 0.775. The number of nitrogens with zero attached hydrogens (tertiary/aromatic N) is 1. The Bertz CT molecular complexity index is 692. The second-order valence-corrected chi connectivity index (χ2v) is 7.63. The Hall–Kier alpha value is -2.30. The second-order valence-electron chi connectivity index (χ2n) is 7.63. The van der Waals surface area contributed by atoms with Crippen LogP contribution in [-0.2, 0) is 9.59 Å². The average molecular weight is 354 g/mol. The minimum absolute atomic E-state index is 0.0476. The highest BCUT2D eigenvalue weighted by Gasteiger charge is 2.39. The average Bonchev–Trinajstić information content (AvgIpc) is 3.31. The number of anilines is 1. The number of nitrogens with one attached hydrogen (secondary N) is 1. The molecule has 1 heterocycles. The number of rotatable bonds is 5. The van der Waals surface area contributed by atoms with Gasteiger partial charge in [-0.3, -0.25) is 9.59 Å². The van der Waals surface area contributed by atoms with Gasteiger partial charge >= 0.3 is 0 Å². The number of ether oxygens (including phenoxy) is 1. The lowest BCUT2D eigenvalue weighted by Crippen LogP contribution is -2.38. The SMILES string of the molecule is O=C(Nc1ccc(OCC(=O)N2CCCCC2)cc1)[C@@H]1C[C@@H]2C=C[C@H]1C2. The van der Waals surface area contributed by atoms with Crippen molar-refractivity contribution in [3.8, 4) is 5.75 Å². The van der Waals surface area contributed by atoms with Gasteiger partial charge in [-0.2, -0.15) is 0 Å². The molecule has 2 fully saturated rings. The van der Waals surface area contributed by atoms with Crippen LogP contribution in [0.3, 0.4) is 0 Å². The minimum atomic E-state index is 0.0476. The van der Waals surface area contributed by atoms with Crippen LogP contribution < -0.4 is 10.1 Å². The third-order valence-electron chi connectivity index (χ3n) is 5.81. The maximum absolute atomic E-state index is 12.5. The largest absolute Gasteiger partial charge is 0.484 e. The van der Waals surface area contributed by atoms with E-state index in [0.717, 1.165) is 44.5 Å². The highest BCUT2D eigenvalue weighted by atomic mass is 16.5. The summed E-state index contributed by atoms with van der Waals surface area (Å²) >= 11 is 0. The molecule has 0 radical (unpaired) electrons. The quantitative estimate of drug-likeness (QED) is 0.826. The van der Waals surface area contributed by atoms with E-state index < -0.39 is 0 Å². The van der Waals surface area contributed by atoms with Gasteiger partial charge in [-0.1, -0.05) is 12.2 Å². The van der Waals surface area contributed by atoms with Crippen molar-refractivity contribution in [1.29, 1.82) is 0 Å². The van der Waals surface area contributed by atoms with E-state index in [1.54, 1.807) is 12.1 Å². The fourth-order valence-electron chi connectivity index (χ4n) is 4.33. The molecule has 0 spiro atoms. The van der Waals surface area contributed by atoms with Gasteiger partial charge in [0.1, 0.15) is 5.75 Å². The number of carbonyl (C=O) groups excluding carboxylic acids is 2. The van der Waals surface area contributed by atoms with E-state index in [4.69, 9.17) is 4.74 Å². The Morgan fingerprint density at radius 2 is 1.81 bits per heavy atom. The Kier molecular flexibility index (Phi) is 4.96. The van der Waals surface area contributed by atoms with Gasteiger partial charge in [-0.15, -0.1) is 0 Å². The Morgan fingerprint density at radius 1 is 1.04 bits per heavy atom. The van der Waals surface area contributed by atoms with Gasteiger partial charge in [-0.25, -0.2) is 0 Å². The van der Waals surface area contributed by atoms with Crippen LogP contribution in [0.4, 0.5) is 5.69 Å². The van der Waals surface area contributed by atoms with Crippen LogP contribution in [0.5, 0.6) is 5.75 Å². The summed E-state index contributed by atoms with van der Waals surface area (Å²) < 4.78 is 5.61. The maximum Gasteiger partial charge on any atom is 0.260 e. The predicted octanol–water partition coefficient (Wildman–Crippen LogP) is 3.23. The van der Waals surface area contributed by atoms with Crippen molar-refractivity contribution in [2.24, 2.45) is 17.8 Å². The molecule has 5 nitrogen and oxygen atoms in total. The Labute approximate surface area is 154 Å². The van der Waals surface area contributed by atoms with Crippen molar-refractivity contribution >= 4 is 17.5 Å². The van der Waals surface area contributed by atoms with E-state index in [1.165, 1.54) is 6.42 Å². The van der Waals surface area contributed by atoms with Crippen LogP contribution in [0.25, 0.3) is 0 Å². The minimum Gasteiger partial charge on any atom is -0.484 e. The second kappa shape index (κ2) is 7.52. The molecule has 1 aromatic carbocycles. The van der Waals surface area contributed by atoms with Crippen molar-refractivity contribution in [3.63, 3.8) is 0 Å². The molecule has 3 atom stereocenters. The lowest BCUT2D eigenvalue weighted by Gasteiger charge is -2.26. The molecule has 0 aromatic heterocycles. The Morgan fingerprint density at radius 3 is 2.46 bits per heavy atom. The van der Waals surface area contributed by atoms with Gasteiger partial charge in [0.2, 0.25) is 5.91 Å². The van der Waals surface area contributed by atoms with Gasteiger partial charge < -0.3 is 15.0 Å². The maximum atomic E-state index is 12.5. The molecule has 3 aliphatic rings. The summed E-state index contributed by atoms with van der Waals surface area (Å²) in [6.07, 6.45) is 9.89. The zero-order chi connectivity index (χ0) is 17.9. The lowest BCUT2D eigenvalue weighted by molar-refractivity contribution is -0.134. The van der Waals surface area contributed by atoms with Crippen LogP contribution in [-0.4, -0.2) is 36.4 Å². The molecule has 4 rings (SSSR count). The number of hydrogen-bond acceptors (Lipinski definition) is 3. The number of amides is 2. The molecule has 5 heteroatoms. The van der Waals surface area contributed by atoms with Crippen molar-refractivity contribution in [3.05, 3.63) is 36.4 Å². The van der Waals surface area contributed by atoms with Gasteiger partial charge in [0, 0.05) is 24.7 Å². The van der Waals surface area contributed by atoms with Gasteiger partial charge in [0.05, 0.1) is 0 Å². The van der Waals surface area contributed by atoms with E-state index in [-0.39, 0.29) is 24.3 Å². The lowest BCUT2D eigenvalue weighted by atomic mass is 9.93. The molecule has 2 bridgehead atoms. The normalized spacial score (nSPS) is 26.8. The fraction of sp³-hybridized carbons (Fsp3) is 0.524. The number of hydrogen-bond donors (Lipinski definition) is 1. The van der Waals surface area contributed by atoms with E-state index in [0.29, 0.717) is 17.6 Å². The first-order valence-electron chi connectivity index (χ1n) is 9.69. The third-order valence-corrected chi connectivity index (χ3v) is 5.81. The molecular formula is C21H26N2O3. The van der Waals surface area contributed by atoms with Gasteiger partial charge in [0.25, 0.3) is 5.91 Å². The predicted molar refractivity (Wildman–Crippen MR) is 99.8 cm³/mol. The Balaban J connectivity index is 1.26. The standard InChI is InChI=1S/C21H26N2O3/c24-20(23-10-2-1-3-11-23)14-26-18-8-6-17(7-9-18)22-21(25)19-13-15-4-5-16(19)12-15/h4-9,15-16,19H,1-3,10-14H2,(H,22,25)/t15-,16+,19-/m1/s1. The first-order valence-corrected chi connectivity index (χ1v) is 9.69. The van der Waals surface area contributed by atoms with Crippen molar-refractivity contribution in [2.45, 2.75) is 32.1 Å². The third kappa shape index (κ3) is 3.76. The molecule has 138 valence electrons. The summed E-state index contributed by atoms with van der Waals surface area (Å²) in [6.45, 7) is 1.75. The summed E-state index contributed by atoms with van der Waals surface area (Å²) in [7, 11) is 0. The zero-order valence-electron chi connectivity index (χ0n) is 15.0. The number of carbonyl (C=O) groups is 2. The number of likely N-dealkylation sites (tertiary alicyclic amines) is 1. The number of fused-ring (bicyclic) bond motifs is 2. The van der Waals surface area contributed by atoms with Gasteiger partial charge in [0.15, 0.2) is 6.61 Å². The first-order chi connectivity index (χ1) is 12.7. The summed E-state index contributed by atoms with van der Waals surface area (Å²) in [6, 6.07) is 7.28. The molecule has 26 heavy (non-hydrogen) atoms. The monoisotopic (exact) mass is 354 g/mol. The molecule has 0 unspecified atom stereocenters. The topological polar surface area (TPSA) is 58.6 Å². The summed E-state index contributed by atoms with van der Waals surface area (Å²) in [4.78, 5) is 26.5. The van der Waals surface area contributed by atoms with E-state index >= 15 is 0 Å².